The molecule has 0 saturated carbocycles. The van der Waals surface area contributed by atoms with Crippen LogP contribution in [0.1, 0.15) is 23.6 Å². The lowest BCUT2D eigenvalue weighted by Gasteiger charge is -2.08. The monoisotopic (exact) mass is 244 g/mol. The summed E-state index contributed by atoms with van der Waals surface area (Å²) >= 11 is 5.68. The van der Waals surface area contributed by atoms with Crippen molar-refractivity contribution in [1.29, 1.82) is 0 Å². The van der Waals surface area contributed by atoms with Gasteiger partial charge in [0.2, 0.25) is 0 Å². The Morgan fingerprint density at radius 2 is 2.19 bits per heavy atom. The molecule has 16 heavy (non-hydrogen) atoms. The first-order valence-corrected chi connectivity index (χ1v) is 5.61. The number of ether oxygens (including phenoxy) is 1. The van der Waals surface area contributed by atoms with Crippen molar-refractivity contribution in [3.05, 3.63) is 34.6 Å². The smallest absolute Gasteiger partial charge is 0.310 e. The summed E-state index contributed by atoms with van der Waals surface area (Å²) in [5.41, 5.74) is 1.64. The zero-order valence-corrected chi connectivity index (χ0v) is 10.1. The minimum absolute atomic E-state index is 0.0504. The van der Waals surface area contributed by atoms with Gasteiger partial charge in [-0.2, -0.15) is 0 Å². The van der Waals surface area contributed by atoms with Crippen LogP contribution in [0.15, 0.2) is 12.1 Å². The number of hydrogen-bond donors (Lipinski definition) is 0. The Balaban J connectivity index is 2.94. The van der Waals surface area contributed by atoms with E-state index in [2.05, 4.69) is 0 Å². The molecule has 1 rings (SSSR count). The molecule has 0 radical (unpaired) electrons. The first kappa shape index (κ1) is 13.0. The lowest BCUT2D eigenvalue weighted by Crippen LogP contribution is -2.09. The second-order valence-electron chi connectivity index (χ2n) is 3.50. The molecule has 0 aliphatic rings. The van der Waals surface area contributed by atoms with Gasteiger partial charge in [-0.25, -0.2) is 4.39 Å². The molecule has 0 atom stereocenters. The predicted molar refractivity (Wildman–Crippen MR) is 61.0 cm³/mol. The van der Waals surface area contributed by atoms with Gasteiger partial charge in [0, 0.05) is 5.88 Å². The SMILES string of the molecule is CCOC(=O)Cc1cc(CCl)cc(C)c1F. The highest BCUT2D eigenvalue weighted by Gasteiger charge is 2.12. The van der Waals surface area contributed by atoms with E-state index in [1.165, 1.54) is 0 Å². The second kappa shape index (κ2) is 5.85. The van der Waals surface area contributed by atoms with Gasteiger partial charge in [0.05, 0.1) is 13.0 Å². The number of carbonyl (C=O) groups is 1. The van der Waals surface area contributed by atoms with Crippen LogP contribution in [0.3, 0.4) is 0 Å². The van der Waals surface area contributed by atoms with E-state index >= 15 is 0 Å². The maximum absolute atomic E-state index is 13.7. The van der Waals surface area contributed by atoms with Crippen LogP contribution < -0.4 is 0 Å². The van der Waals surface area contributed by atoms with Crippen LogP contribution in [0.25, 0.3) is 0 Å². The third kappa shape index (κ3) is 3.20. The van der Waals surface area contributed by atoms with Crippen molar-refractivity contribution in [2.24, 2.45) is 0 Å². The third-order valence-corrected chi connectivity index (χ3v) is 2.49. The van der Waals surface area contributed by atoms with E-state index in [1.807, 2.05) is 0 Å². The van der Waals surface area contributed by atoms with Crippen LogP contribution in [0, 0.1) is 12.7 Å². The first-order chi connectivity index (χ1) is 7.58. The molecule has 2 nitrogen and oxygen atoms in total. The molecule has 0 fully saturated rings. The second-order valence-corrected chi connectivity index (χ2v) is 3.77. The fraction of sp³-hybridized carbons (Fsp3) is 0.417. The van der Waals surface area contributed by atoms with Crippen molar-refractivity contribution in [2.75, 3.05) is 6.61 Å². The van der Waals surface area contributed by atoms with Gasteiger partial charge >= 0.3 is 5.97 Å². The van der Waals surface area contributed by atoms with E-state index in [4.69, 9.17) is 16.3 Å². The molecular weight excluding hydrogens is 231 g/mol. The van der Waals surface area contributed by atoms with Crippen molar-refractivity contribution in [1.82, 2.24) is 0 Å². The molecule has 0 heterocycles. The Hall–Kier alpha value is -1.09. The van der Waals surface area contributed by atoms with Gasteiger partial charge in [-0.1, -0.05) is 12.1 Å². The highest BCUT2D eigenvalue weighted by molar-refractivity contribution is 6.17. The van der Waals surface area contributed by atoms with Crippen molar-refractivity contribution >= 4 is 17.6 Å². The number of benzene rings is 1. The van der Waals surface area contributed by atoms with Gasteiger partial charge in [0.25, 0.3) is 0 Å². The summed E-state index contributed by atoms with van der Waals surface area (Å²) in [7, 11) is 0. The van der Waals surface area contributed by atoms with Gasteiger partial charge in [-0.05, 0) is 30.5 Å². The molecule has 0 aromatic heterocycles. The van der Waals surface area contributed by atoms with E-state index in [0.29, 0.717) is 23.6 Å². The fourth-order valence-corrected chi connectivity index (χ4v) is 1.65. The Labute approximate surface area is 99.4 Å². The van der Waals surface area contributed by atoms with E-state index in [1.54, 1.807) is 26.0 Å². The zero-order valence-electron chi connectivity index (χ0n) is 9.35. The van der Waals surface area contributed by atoms with E-state index in [-0.39, 0.29) is 12.2 Å². The number of hydrogen-bond acceptors (Lipinski definition) is 2. The Morgan fingerprint density at radius 1 is 1.50 bits per heavy atom. The van der Waals surface area contributed by atoms with E-state index in [0.717, 1.165) is 5.56 Å². The zero-order chi connectivity index (χ0) is 12.1. The maximum Gasteiger partial charge on any atom is 0.310 e. The molecule has 0 amide bonds. The number of rotatable bonds is 4. The molecule has 0 bridgehead atoms. The highest BCUT2D eigenvalue weighted by Crippen LogP contribution is 2.18. The summed E-state index contributed by atoms with van der Waals surface area (Å²) in [6.45, 7) is 3.67. The predicted octanol–water partition coefficient (Wildman–Crippen LogP) is 2.98. The molecule has 88 valence electrons. The van der Waals surface area contributed by atoms with Crippen LogP contribution in [0.2, 0.25) is 0 Å². The van der Waals surface area contributed by atoms with Gasteiger partial charge in [0.1, 0.15) is 5.82 Å². The molecule has 0 aliphatic heterocycles. The molecular formula is C12H14ClFO2. The summed E-state index contributed by atoms with van der Waals surface area (Å²) in [6.07, 6.45) is -0.0504. The van der Waals surface area contributed by atoms with Crippen molar-refractivity contribution in [2.45, 2.75) is 26.1 Å². The number of halogens is 2. The van der Waals surface area contributed by atoms with Crippen LogP contribution in [0.5, 0.6) is 0 Å². The number of carbonyl (C=O) groups excluding carboxylic acids is 1. The lowest BCUT2D eigenvalue weighted by molar-refractivity contribution is -0.142. The molecule has 0 N–H and O–H groups in total. The standard InChI is InChI=1S/C12H14ClFO2/c1-3-16-11(15)6-10-5-9(7-13)4-8(2)12(10)14/h4-5H,3,6-7H2,1-2H3. The van der Waals surface area contributed by atoms with Gasteiger partial charge in [-0.15, -0.1) is 11.6 Å². The Kier molecular flexibility index (Phi) is 4.74. The number of esters is 1. The molecule has 4 heteroatoms. The highest BCUT2D eigenvalue weighted by atomic mass is 35.5. The molecule has 0 unspecified atom stereocenters. The van der Waals surface area contributed by atoms with Gasteiger partial charge < -0.3 is 4.74 Å². The largest absolute Gasteiger partial charge is 0.466 e. The molecule has 0 saturated heterocycles. The average molecular weight is 245 g/mol. The van der Waals surface area contributed by atoms with E-state index in [9.17, 15) is 9.18 Å². The summed E-state index contributed by atoms with van der Waals surface area (Å²) in [6, 6.07) is 3.28. The normalized spacial score (nSPS) is 10.2. The van der Waals surface area contributed by atoms with Crippen LogP contribution in [-0.4, -0.2) is 12.6 Å². The van der Waals surface area contributed by atoms with Crippen LogP contribution in [0.4, 0.5) is 4.39 Å². The topological polar surface area (TPSA) is 26.3 Å². The number of aryl methyl sites for hydroxylation is 1. The molecule has 0 aliphatic carbocycles. The van der Waals surface area contributed by atoms with Crippen molar-refractivity contribution < 1.29 is 13.9 Å². The van der Waals surface area contributed by atoms with Crippen LogP contribution in [-0.2, 0) is 21.8 Å². The summed E-state index contributed by atoms with van der Waals surface area (Å²) in [5.74, 6) is -0.480. The minimum atomic E-state index is -0.424. The van der Waals surface area contributed by atoms with Crippen molar-refractivity contribution in [3.63, 3.8) is 0 Å². The summed E-state index contributed by atoms with van der Waals surface area (Å²) < 4.78 is 18.4. The van der Waals surface area contributed by atoms with Gasteiger partial charge in [0.15, 0.2) is 0 Å². The third-order valence-electron chi connectivity index (χ3n) is 2.18. The van der Waals surface area contributed by atoms with Gasteiger partial charge in [-0.3, -0.25) is 4.79 Å². The quantitative estimate of drug-likeness (QED) is 0.601. The van der Waals surface area contributed by atoms with Crippen LogP contribution >= 0.6 is 11.6 Å². The van der Waals surface area contributed by atoms with E-state index < -0.39 is 5.97 Å². The minimum Gasteiger partial charge on any atom is -0.466 e. The molecule has 1 aromatic carbocycles. The Bertz CT molecular complexity index is 391. The average Bonchev–Trinajstić information content (AvgIpc) is 2.24. The fourth-order valence-electron chi connectivity index (χ4n) is 1.50. The summed E-state index contributed by atoms with van der Waals surface area (Å²) in [4.78, 5) is 11.3. The Morgan fingerprint density at radius 3 is 2.75 bits per heavy atom. The molecule has 1 aromatic rings. The lowest BCUT2D eigenvalue weighted by atomic mass is 10.0. The van der Waals surface area contributed by atoms with Crippen molar-refractivity contribution in [3.8, 4) is 0 Å². The maximum atomic E-state index is 13.7. The number of alkyl halides is 1. The summed E-state index contributed by atoms with van der Waals surface area (Å²) in [5, 5.41) is 0. The molecule has 0 spiro atoms. The first-order valence-electron chi connectivity index (χ1n) is 5.08.